The van der Waals surface area contributed by atoms with Crippen molar-refractivity contribution in [1.29, 1.82) is 0 Å². The number of alkyl halides is 1. The molecule has 0 heterocycles. The highest BCUT2D eigenvalue weighted by Crippen LogP contribution is 2.01. The quantitative estimate of drug-likeness (QED) is 0.757. The fourth-order valence-corrected chi connectivity index (χ4v) is 1.85. The molecule has 0 fully saturated rings. The second-order valence-corrected chi connectivity index (χ2v) is 4.24. The minimum Gasteiger partial charge on any atom is -0.383 e. The molecular weight excluding hydrogens is 238 g/mol. The van der Waals surface area contributed by atoms with Crippen molar-refractivity contribution in [1.82, 2.24) is 5.32 Å². The Kier molecular flexibility index (Phi) is 6.67. The summed E-state index contributed by atoms with van der Waals surface area (Å²) in [5, 5.41) is 2.92. The van der Waals surface area contributed by atoms with Gasteiger partial charge in [-0.2, -0.15) is 0 Å². The molecule has 1 aromatic carbocycles. The first-order chi connectivity index (χ1) is 8.26. The van der Waals surface area contributed by atoms with Gasteiger partial charge < -0.3 is 10.1 Å². The summed E-state index contributed by atoms with van der Waals surface area (Å²) in [5.74, 6) is 0.517. The number of ether oxygens (including phenoxy) is 1. The van der Waals surface area contributed by atoms with Crippen molar-refractivity contribution >= 4 is 17.5 Å². The van der Waals surface area contributed by atoms with Gasteiger partial charge in [0, 0.05) is 13.0 Å². The van der Waals surface area contributed by atoms with Crippen molar-refractivity contribution in [3.05, 3.63) is 35.9 Å². The number of methoxy groups -OCH3 is 1. The molecule has 0 aromatic heterocycles. The van der Waals surface area contributed by atoms with Crippen LogP contribution in [0.25, 0.3) is 0 Å². The summed E-state index contributed by atoms with van der Waals surface area (Å²) in [5.41, 5.74) is 1.01. The first-order valence-electron chi connectivity index (χ1n) is 5.64. The molecule has 3 nitrogen and oxygen atoms in total. The number of rotatable bonds is 7. The lowest BCUT2D eigenvalue weighted by atomic mass is 10.1. The summed E-state index contributed by atoms with van der Waals surface area (Å²) >= 11 is 5.67. The van der Waals surface area contributed by atoms with Gasteiger partial charge in [0.15, 0.2) is 0 Å². The van der Waals surface area contributed by atoms with E-state index in [4.69, 9.17) is 16.3 Å². The van der Waals surface area contributed by atoms with Crippen molar-refractivity contribution < 1.29 is 9.53 Å². The normalized spacial score (nSPS) is 12.1. The van der Waals surface area contributed by atoms with Gasteiger partial charge in [-0.15, -0.1) is 11.6 Å². The highest BCUT2D eigenvalue weighted by atomic mass is 35.5. The highest BCUT2D eigenvalue weighted by Gasteiger charge is 2.11. The molecule has 0 aliphatic heterocycles. The predicted octanol–water partition coefficient (Wildman–Crippen LogP) is 1.99. The zero-order valence-electron chi connectivity index (χ0n) is 9.99. The maximum absolute atomic E-state index is 11.8. The van der Waals surface area contributed by atoms with Crippen molar-refractivity contribution in [2.75, 3.05) is 19.6 Å². The predicted molar refractivity (Wildman–Crippen MR) is 69.3 cm³/mol. The molecule has 1 N–H and O–H groups in total. The van der Waals surface area contributed by atoms with Crippen LogP contribution in [0.1, 0.15) is 12.0 Å². The van der Waals surface area contributed by atoms with Crippen molar-refractivity contribution in [2.24, 2.45) is 0 Å². The number of hydrogen-bond acceptors (Lipinski definition) is 2. The topological polar surface area (TPSA) is 38.3 Å². The van der Waals surface area contributed by atoms with E-state index in [0.29, 0.717) is 18.9 Å². The fourth-order valence-electron chi connectivity index (χ4n) is 1.59. The molecule has 1 aromatic rings. The molecule has 0 radical (unpaired) electrons. The summed E-state index contributed by atoms with van der Waals surface area (Å²) < 4.78 is 5.03. The summed E-state index contributed by atoms with van der Waals surface area (Å²) in [4.78, 5) is 11.8. The van der Waals surface area contributed by atoms with Crippen LogP contribution in [-0.2, 0) is 16.0 Å². The zero-order chi connectivity index (χ0) is 12.5. The van der Waals surface area contributed by atoms with Gasteiger partial charge in [0.05, 0.1) is 19.1 Å². The van der Waals surface area contributed by atoms with Crippen LogP contribution in [0.15, 0.2) is 30.3 Å². The van der Waals surface area contributed by atoms with Crippen LogP contribution < -0.4 is 5.32 Å². The maximum Gasteiger partial charge on any atom is 0.224 e. The SMILES string of the molecule is COCC(CCCl)NC(=O)Cc1ccccc1. The Morgan fingerprint density at radius 3 is 2.71 bits per heavy atom. The third kappa shape index (κ3) is 5.71. The molecule has 1 amide bonds. The highest BCUT2D eigenvalue weighted by molar-refractivity contribution is 6.17. The Morgan fingerprint density at radius 2 is 2.12 bits per heavy atom. The third-order valence-corrected chi connectivity index (χ3v) is 2.62. The van der Waals surface area contributed by atoms with E-state index < -0.39 is 0 Å². The maximum atomic E-state index is 11.8. The molecule has 0 bridgehead atoms. The lowest BCUT2D eigenvalue weighted by Crippen LogP contribution is -2.39. The Bertz CT molecular complexity index is 323. The number of carbonyl (C=O) groups is 1. The second kappa shape index (κ2) is 8.09. The van der Waals surface area contributed by atoms with Crippen LogP contribution in [0.3, 0.4) is 0 Å². The van der Waals surface area contributed by atoms with Gasteiger partial charge in [0.1, 0.15) is 0 Å². The van der Waals surface area contributed by atoms with Crippen LogP contribution in [0.4, 0.5) is 0 Å². The largest absolute Gasteiger partial charge is 0.383 e. The van der Waals surface area contributed by atoms with Crippen LogP contribution in [-0.4, -0.2) is 31.5 Å². The lowest BCUT2D eigenvalue weighted by molar-refractivity contribution is -0.121. The van der Waals surface area contributed by atoms with E-state index in [-0.39, 0.29) is 11.9 Å². The number of amides is 1. The van der Waals surface area contributed by atoms with Crippen LogP contribution in [0, 0.1) is 0 Å². The van der Waals surface area contributed by atoms with Gasteiger partial charge in [0.2, 0.25) is 5.91 Å². The van der Waals surface area contributed by atoms with Crippen molar-refractivity contribution in [3.8, 4) is 0 Å². The molecule has 0 saturated carbocycles. The summed E-state index contributed by atoms with van der Waals surface area (Å²) in [6.07, 6.45) is 1.11. The van der Waals surface area contributed by atoms with E-state index in [2.05, 4.69) is 5.32 Å². The number of benzene rings is 1. The molecule has 0 aliphatic carbocycles. The van der Waals surface area contributed by atoms with Crippen molar-refractivity contribution in [3.63, 3.8) is 0 Å². The van der Waals surface area contributed by atoms with Crippen molar-refractivity contribution in [2.45, 2.75) is 18.9 Å². The summed E-state index contributed by atoms with van der Waals surface area (Å²) in [6.45, 7) is 0.493. The van der Waals surface area contributed by atoms with E-state index in [0.717, 1.165) is 12.0 Å². The molecular formula is C13H18ClNO2. The molecule has 1 atom stereocenters. The lowest BCUT2D eigenvalue weighted by Gasteiger charge is -2.16. The van der Waals surface area contributed by atoms with E-state index in [9.17, 15) is 4.79 Å². The molecule has 1 rings (SSSR count). The summed E-state index contributed by atoms with van der Waals surface area (Å²) in [7, 11) is 1.62. The molecule has 4 heteroatoms. The van der Waals surface area contributed by atoms with E-state index >= 15 is 0 Å². The number of halogens is 1. The molecule has 0 spiro atoms. The third-order valence-electron chi connectivity index (χ3n) is 2.40. The minimum atomic E-state index is -0.00582. The fraction of sp³-hybridized carbons (Fsp3) is 0.462. The second-order valence-electron chi connectivity index (χ2n) is 3.86. The average Bonchev–Trinajstić information content (AvgIpc) is 2.30. The smallest absolute Gasteiger partial charge is 0.224 e. The first kappa shape index (κ1) is 14.0. The minimum absolute atomic E-state index is 0.00312. The van der Waals surface area contributed by atoms with E-state index in [1.165, 1.54) is 0 Å². The van der Waals surface area contributed by atoms with Crippen LogP contribution in [0.2, 0.25) is 0 Å². The standard InChI is InChI=1S/C13H18ClNO2/c1-17-10-12(7-8-14)15-13(16)9-11-5-3-2-4-6-11/h2-6,12H,7-10H2,1H3,(H,15,16). The molecule has 17 heavy (non-hydrogen) atoms. The van der Waals surface area contributed by atoms with Gasteiger partial charge in [0.25, 0.3) is 0 Å². The number of nitrogens with one attached hydrogen (secondary N) is 1. The van der Waals surface area contributed by atoms with Gasteiger partial charge in [-0.25, -0.2) is 0 Å². The van der Waals surface area contributed by atoms with Gasteiger partial charge in [-0.3, -0.25) is 4.79 Å². The van der Waals surface area contributed by atoms with Gasteiger partial charge in [-0.1, -0.05) is 30.3 Å². The Hall–Kier alpha value is -1.06. The van der Waals surface area contributed by atoms with Crippen LogP contribution in [0.5, 0.6) is 0 Å². The number of hydrogen-bond donors (Lipinski definition) is 1. The first-order valence-corrected chi connectivity index (χ1v) is 6.18. The van der Waals surface area contributed by atoms with Crippen LogP contribution >= 0.6 is 11.6 Å². The Labute approximate surface area is 107 Å². The average molecular weight is 256 g/mol. The molecule has 0 saturated heterocycles. The van der Waals surface area contributed by atoms with E-state index in [1.807, 2.05) is 30.3 Å². The van der Waals surface area contributed by atoms with E-state index in [1.54, 1.807) is 7.11 Å². The number of carbonyl (C=O) groups excluding carboxylic acids is 1. The molecule has 0 aliphatic rings. The monoisotopic (exact) mass is 255 g/mol. The van der Waals surface area contributed by atoms with Gasteiger partial charge in [-0.05, 0) is 12.0 Å². The molecule has 1 unspecified atom stereocenters. The summed E-state index contributed by atoms with van der Waals surface area (Å²) in [6, 6.07) is 9.65. The Morgan fingerprint density at radius 1 is 1.41 bits per heavy atom. The molecule has 94 valence electrons. The zero-order valence-corrected chi connectivity index (χ0v) is 10.7. The Balaban J connectivity index is 2.42. The van der Waals surface area contributed by atoms with Gasteiger partial charge >= 0.3 is 0 Å².